The molecule has 0 aliphatic carbocycles. The highest BCUT2D eigenvalue weighted by molar-refractivity contribution is 5.95. The van der Waals surface area contributed by atoms with Crippen LogP contribution in [0.5, 0.6) is 5.75 Å². The van der Waals surface area contributed by atoms with Gasteiger partial charge in [-0.3, -0.25) is 9.78 Å². The molecule has 4 rings (SSSR count). The van der Waals surface area contributed by atoms with Crippen molar-refractivity contribution in [2.24, 2.45) is 5.92 Å². The second-order valence-corrected chi connectivity index (χ2v) is 8.89. The van der Waals surface area contributed by atoms with E-state index in [1.54, 1.807) is 12.1 Å². The molecule has 3 atom stereocenters. The van der Waals surface area contributed by atoms with E-state index in [4.69, 9.17) is 10.00 Å². The smallest absolute Gasteiger partial charge is 0.251 e. The molecule has 0 unspecified atom stereocenters. The molecule has 3 heterocycles. The van der Waals surface area contributed by atoms with E-state index in [2.05, 4.69) is 36.4 Å². The number of carbonyl (C=O) groups is 1. The zero-order valence-electron chi connectivity index (χ0n) is 18.4. The number of amides is 1. The first-order valence-corrected chi connectivity index (χ1v) is 11.1. The van der Waals surface area contributed by atoms with Gasteiger partial charge in [-0.15, -0.1) is 0 Å². The summed E-state index contributed by atoms with van der Waals surface area (Å²) in [5.74, 6) is 0.761. The lowest BCUT2D eigenvalue weighted by molar-refractivity contribution is 0.0928. The maximum Gasteiger partial charge on any atom is 0.251 e. The van der Waals surface area contributed by atoms with Crippen molar-refractivity contribution in [3.63, 3.8) is 0 Å². The predicted molar refractivity (Wildman–Crippen MR) is 119 cm³/mol. The lowest BCUT2D eigenvalue weighted by Gasteiger charge is -2.22. The number of carbonyl (C=O) groups excluding carboxylic acids is 1. The van der Waals surface area contributed by atoms with Crippen molar-refractivity contribution in [3.05, 3.63) is 47.7 Å². The Morgan fingerprint density at radius 2 is 2.12 bits per heavy atom. The molecule has 2 aliphatic rings. The van der Waals surface area contributed by atoms with Crippen LogP contribution in [0.25, 0.3) is 11.3 Å². The van der Waals surface area contributed by atoms with E-state index in [9.17, 15) is 10.1 Å². The molecule has 2 fully saturated rings. The first-order chi connectivity index (χ1) is 15.5. The van der Waals surface area contributed by atoms with Gasteiger partial charge >= 0.3 is 0 Å². The molecule has 1 N–H and O–H groups in total. The number of nitriles is 2. The van der Waals surface area contributed by atoms with Gasteiger partial charge < -0.3 is 15.0 Å². The van der Waals surface area contributed by atoms with Gasteiger partial charge in [0.15, 0.2) is 6.19 Å². The summed E-state index contributed by atoms with van der Waals surface area (Å²) in [6.45, 7) is 4.65. The summed E-state index contributed by atoms with van der Waals surface area (Å²) in [6, 6.07) is 13.4. The van der Waals surface area contributed by atoms with E-state index in [-0.39, 0.29) is 30.5 Å². The summed E-state index contributed by atoms with van der Waals surface area (Å²) in [7, 11) is 0. The minimum absolute atomic E-state index is 0.00932. The van der Waals surface area contributed by atoms with Crippen molar-refractivity contribution in [1.29, 1.82) is 10.5 Å². The van der Waals surface area contributed by atoms with Crippen molar-refractivity contribution in [3.8, 4) is 29.3 Å². The monoisotopic (exact) mass is 429 g/mol. The largest absolute Gasteiger partial charge is 0.493 e. The number of rotatable bonds is 7. The molecule has 0 spiro atoms. The van der Waals surface area contributed by atoms with Crippen LogP contribution in [0.3, 0.4) is 0 Å². The average Bonchev–Trinajstić information content (AvgIpc) is 3.34. The fourth-order valence-electron chi connectivity index (χ4n) is 4.61. The van der Waals surface area contributed by atoms with Gasteiger partial charge in [-0.2, -0.15) is 10.5 Å². The molecule has 2 bridgehead atoms. The van der Waals surface area contributed by atoms with Gasteiger partial charge in [0.2, 0.25) is 0 Å². The Kier molecular flexibility index (Phi) is 6.28. The van der Waals surface area contributed by atoms with E-state index >= 15 is 0 Å². The summed E-state index contributed by atoms with van der Waals surface area (Å²) in [5.41, 5.74) is 2.71. The maximum atomic E-state index is 13.0. The van der Waals surface area contributed by atoms with Crippen molar-refractivity contribution in [2.75, 3.05) is 6.61 Å². The number of nitrogens with zero attached hydrogens (tertiary/aromatic N) is 4. The summed E-state index contributed by atoms with van der Waals surface area (Å²) >= 11 is 0. The Hall–Kier alpha value is -3.58. The van der Waals surface area contributed by atoms with E-state index in [1.807, 2.05) is 29.2 Å². The van der Waals surface area contributed by atoms with Crippen LogP contribution in [0.1, 0.15) is 49.2 Å². The molecule has 2 aromatic rings. The second-order valence-electron chi connectivity index (χ2n) is 8.89. The third-order valence-corrected chi connectivity index (χ3v) is 6.13. The highest BCUT2D eigenvalue weighted by Gasteiger charge is 2.46. The first kappa shape index (κ1) is 21.6. The van der Waals surface area contributed by atoms with E-state index in [1.165, 1.54) is 0 Å². The van der Waals surface area contributed by atoms with Crippen molar-refractivity contribution in [2.45, 2.75) is 57.7 Å². The molecule has 1 aromatic heterocycles. The summed E-state index contributed by atoms with van der Waals surface area (Å²) in [4.78, 5) is 19.5. The number of pyridine rings is 1. The third-order valence-electron chi connectivity index (χ3n) is 6.13. The van der Waals surface area contributed by atoms with Crippen LogP contribution in [0.4, 0.5) is 0 Å². The topological polar surface area (TPSA) is 102 Å². The minimum Gasteiger partial charge on any atom is -0.493 e. The summed E-state index contributed by atoms with van der Waals surface area (Å²) < 4.78 is 6.06. The normalized spacial score (nSPS) is 21.3. The SMILES string of the molecule is CC(C)COc1cc(C(=O)N[C@@H]2C[C@@H]3CC[C@H]2N3C#N)ccc1-c1cccc(CC#N)n1. The highest BCUT2D eigenvalue weighted by atomic mass is 16.5. The molecule has 164 valence electrons. The molecular weight excluding hydrogens is 402 g/mol. The molecular formula is C25H27N5O2. The van der Waals surface area contributed by atoms with Crippen LogP contribution >= 0.6 is 0 Å². The highest BCUT2D eigenvalue weighted by Crippen LogP contribution is 2.37. The summed E-state index contributed by atoms with van der Waals surface area (Å²) in [5, 5.41) is 21.5. The minimum atomic E-state index is -0.160. The van der Waals surface area contributed by atoms with Gasteiger partial charge in [-0.1, -0.05) is 19.9 Å². The van der Waals surface area contributed by atoms with Crippen LogP contribution in [0.15, 0.2) is 36.4 Å². The first-order valence-electron chi connectivity index (χ1n) is 11.1. The quantitative estimate of drug-likeness (QED) is 0.674. The molecule has 2 aliphatic heterocycles. The molecule has 7 heteroatoms. The van der Waals surface area contributed by atoms with Crippen LogP contribution in [0.2, 0.25) is 0 Å². The Bertz CT molecular complexity index is 1080. The number of ether oxygens (including phenoxy) is 1. The fraction of sp³-hybridized carbons (Fsp3) is 0.440. The average molecular weight is 430 g/mol. The molecule has 1 amide bonds. The van der Waals surface area contributed by atoms with Crippen molar-refractivity contribution >= 4 is 5.91 Å². The number of aromatic nitrogens is 1. The van der Waals surface area contributed by atoms with Gasteiger partial charge in [-0.05, 0) is 55.5 Å². The van der Waals surface area contributed by atoms with Gasteiger partial charge in [0.25, 0.3) is 5.91 Å². The zero-order valence-corrected chi connectivity index (χ0v) is 18.4. The number of hydrogen-bond donors (Lipinski definition) is 1. The van der Waals surface area contributed by atoms with Gasteiger partial charge in [0.05, 0.1) is 42.6 Å². The lowest BCUT2D eigenvalue weighted by Crippen LogP contribution is -2.43. The van der Waals surface area contributed by atoms with Gasteiger partial charge in [0.1, 0.15) is 5.75 Å². The van der Waals surface area contributed by atoms with Gasteiger partial charge in [0, 0.05) is 17.2 Å². The molecule has 0 saturated carbocycles. The predicted octanol–water partition coefficient (Wildman–Crippen LogP) is 3.67. The second kappa shape index (κ2) is 9.28. The zero-order chi connectivity index (χ0) is 22.7. The van der Waals surface area contributed by atoms with Crippen LogP contribution in [-0.2, 0) is 6.42 Å². The fourth-order valence-corrected chi connectivity index (χ4v) is 4.61. The van der Waals surface area contributed by atoms with Crippen molar-refractivity contribution < 1.29 is 9.53 Å². The number of fused-ring (bicyclic) bond motifs is 2. The number of benzene rings is 1. The number of nitrogens with one attached hydrogen (secondary N) is 1. The van der Waals surface area contributed by atoms with Gasteiger partial charge in [-0.25, -0.2) is 0 Å². The lowest BCUT2D eigenvalue weighted by atomic mass is 9.95. The summed E-state index contributed by atoms with van der Waals surface area (Å²) in [6.07, 6.45) is 5.29. The van der Waals surface area contributed by atoms with Crippen LogP contribution in [-0.4, -0.2) is 40.5 Å². The number of hydrogen-bond acceptors (Lipinski definition) is 6. The molecule has 2 saturated heterocycles. The molecule has 7 nitrogen and oxygen atoms in total. The van der Waals surface area contributed by atoms with E-state index in [0.29, 0.717) is 35.2 Å². The Morgan fingerprint density at radius 3 is 2.84 bits per heavy atom. The standard InChI is InChI=1S/C25H27N5O2/c1-16(2)14-32-24-12-17(6-8-20(24)21-5-3-4-18(28-21)10-11-26)25(31)29-22-13-19-7-9-23(22)30(19)15-27/h3-6,8,12,16,19,22-23H,7,9-10,13-14H2,1-2H3,(H,29,31)/t19-,22+,23+/m0/s1. The van der Waals surface area contributed by atoms with E-state index < -0.39 is 0 Å². The maximum absolute atomic E-state index is 13.0. The Labute approximate surface area is 188 Å². The molecule has 1 aromatic carbocycles. The molecule has 0 radical (unpaired) electrons. The van der Waals surface area contributed by atoms with Crippen LogP contribution in [0, 0.1) is 28.7 Å². The van der Waals surface area contributed by atoms with E-state index in [0.717, 1.165) is 24.8 Å². The molecule has 32 heavy (non-hydrogen) atoms. The van der Waals surface area contributed by atoms with Crippen LogP contribution < -0.4 is 10.1 Å². The Balaban J connectivity index is 1.58. The van der Waals surface area contributed by atoms with Crippen molar-refractivity contribution in [1.82, 2.24) is 15.2 Å². The Morgan fingerprint density at radius 1 is 1.28 bits per heavy atom. The third kappa shape index (κ3) is 4.38.